The number of nitrogens with zero attached hydrogens (tertiary/aromatic N) is 1. The number of hydrogen-bond acceptors (Lipinski definition) is 7. The highest BCUT2D eigenvalue weighted by Crippen LogP contribution is 2.07. The van der Waals surface area contributed by atoms with E-state index in [-0.39, 0.29) is 19.1 Å². The number of nitrogens with one attached hydrogen (secondary N) is 2. The number of carbonyl (C=O) groups excluding carboxylic acids is 3. The van der Waals surface area contributed by atoms with Crippen LogP contribution in [0.15, 0.2) is 4.99 Å². The van der Waals surface area contributed by atoms with Crippen molar-refractivity contribution in [2.24, 2.45) is 4.99 Å². The highest BCUT2D eigenvalue weighted by Gasteiger charge is 2.21. The minimum absolute atomic E-state index is 0.197. The molecule has 0 aliphatic carbocycles. The molecule has 0 radical (unpaired) electrons. The van der Waals surface area contributed by atoms with Gasteiger partial charge in [-0.3, -0.25) is 15.4 Å². The van der Waals surface area contributed by atoms with Crippen LogP contribution in [0.5, 0.6) is 0 Å². The van der Waals surface area contributed by atoms with Gasteiger partial charge in [-0.2, -0.15) is 0 Å². The van der Waals surface area contributed by atoms with E-state index in [1.54, 1.807) is 48.5 Å². The smallest absolute Gasteiger partial charge is 0.414 e. The summed E-state index contributed by atoms with van der Waals surface area (Å²) in [7, 11) is 0. The lowest BCUT2D eigenvalue weighted by molar-refractivity contribution is -0.141. The summed E-state index contributed by atoms with van der Waals surface area (Å²) >= 11 is 0. The second kappa shape index (κ2) is 9.09. The Kier molecular flexibility index (Phi) is 8.21. The van der Waals surface area contributed by atoms with E-state index in [2.05, 4.69) is 15.6 Å². The number of aliphatic imine (C=N–C) groups is 1. The molecule has 2 N–H and O–H groups in total. The fourth-order valence-corrected chi connectivity index (χ4v) is 1.26. The summed E-state index contributed by atoms with van der Waals surface area (Å²) < 4.78 is 14.9. The van der Waals surface area contributed by atoms with Gasteiger partial charge in [0.15, 0.2) is 0 Å². The lowest BCUT2D eigenvalue weighted by Crippen LogP contribution is -2.47. The van der Waals surface area contributed by atoms with Crippen molar-refractivity contribution in [1.82, 2.24) is 10.6 Å². The summed E-state index contributed by atoms with van der Waals surface area (Å²) in [6.07, 6.45) is -1.66. The van der Waals surface area contributed by atoms with Gasteiger partial charge in [0, 0.05) is 0 Å². The molecule has 0 heterocycles. The lowest BCUT2D eigenvalue weighted by atomic mass is 10.2. The lowest BCUT2D eigenvalue weighted by Gasteiger charge is -2.22. The van der Waals surface area contributed by atoms with E-state index in [0.29, 0.717) is 0 Å². The first-order chi connectivity index (χ1) is 10.8. The molecule has 0 rings (SSSR count). The Bertz CT molecular complexity index is 456. The molecule has 9 heteroatoms. The number of guanidine groups is 1. The van der Waals surface area contributed by atoms with Gasteiger partial charge < -0.3 is 14.2 Å². The first-order valence-corrected chi connectivity index (χ1v) is 7.52. The van der Waals surface area contributed by atoms with Gasteiger partial charge in [0.2, 0.25) is 5.96 Å². The van der Waals surface area contributed by atoms with Crippen LogP contribution in [0, 0.1) is 0 Å². The van der Waals surface area contributed by atoms with E-state index < -0.39 is 29.4 Å². The summed E-state index contributed by atoms with van der Waals surface area (Å²) in [5.41, 5.74) is -1.47. The van der Waals surface area contributed by atoms with Crippen LogP contribution < -0.4 is 10.6 Å². The zero-order chi connectivity index (χ0) is 19.0. The van der Waals surface area contributed by atoms with Crippen LogP contribution in [-0.4, -0.2) is 48.5 Å². The number of amides is 2. The topological polar surface area (TPSA) is 115 Å². The molecule has 0 saturated carbocycles. The van der Waals surface area contributed by atoms with Crippen LogP contribution in [-0.2, 0) is 19.0 Å². The minimum atomic E-state index is -0.832. The molecule has 0 fully saturated rings. The molecule has 0 aliphatic heterocycles. The van der Waals surface area contributed by atoms with Crippen LogP contribution in [0.4, 0.5) is 9.59 Å². The van der Waals surface area contributed by atoms with Crippen molar-refractivity contribution in [3.05, 3.63) is 0 Å². The molecule has 0 aromatic rings. The molecule has 2 amide bonds. The van der Waals surface area contributed by atoms with Crippen molar-refractivity contribution in [3.8, 4) is 0 Å². The van der Waals surface area contributed by atoms with Gasteiger partial charge in [-0.15, -0.1) is 0 Å². The normalized spacial score (nSPS) is 11.1. The number of ether oxygens (including phenoxy) is 3. The van der Waals surface area contributed by atoms with Gasteiger partial charge in [-0.1, -0.05) is 0 Å². The maximum absolute atomic E-state index is 11.8. The molecule has 24 heavy (non-hydrogen) atoms. The molecule has 0 aromatic heterocycles. The molecule has 0 atom stereocenters. The zero-order valence-electron chi connectivity index (χ0n) is 15.3. The fraction of sp³-hybridized carbons (Fsp3) is 0.733. The third-order valence-corrected chi connectivity index (χ3v) is 1.91. The maximum atomic E-state index is 11.8. The van der Waals surface area contributed by atoms with Gasteiger partial charge >= 0.3 is 18.2 Å². The van der Waals surface area contributed by atoms with Gasteiger partial charge in [-0.25, -0.2) is 14.6 Å². The standard InChI is InChI=1S/C15H27N3O6/c1-8-22-10(19)9-16-11(17-12(20)23-14(2,3)4)18-13(21)24-15(5,6)7/h8-9H2,1-7H3,(H2,16,17,18,20,21). The fourth-order valence-electron chi connectivity index (χ4n) is 1.26. The van der Waals surface area contributed by atoms with Crippen molar-refractivity contribution < 1.29 is 28.6 Å². The average Bonchev–Trinajstić information content (AvgIpc) is 2.31. The van der Waals surface area contributed by atoms with Gasteiger partial charge in [0.25, 0.3) is 0 Å². The quantitative estimate of drug-likeness (QED) is 0.350. The highest BCUT2D eigenvalue weighted by atomic mass is 16.6. The van der Waals surface area contributed by atoms with E-state index in [0.717, 1.165) is 0 Å². The molecule has 0 aliphatic rings. The summed E-state index contributed by atoms with van der Waals surface area (Å²) in [5, 5.41) is 4.51. The van der Waals surface area contributed by atoms with Crippen LogP contribution in [0.3, 0.4) is 0 Å². The first kappa shape index (κ1) is 21.7. The molecule has 0 saturated heterocycles. The van der Waals surface area contributed by atoms with Crippen LogP contribution in [0.2, 0.25) is 0 Å². The second-order valence-corrected chi connectivity index (χ2v) is 6.72. The Balaban J connectivity index is 4.95. The van der Waals surface area contributed by atoms with E-state index in [4.69, 9.17) is 14.2 Å². The Morgan fingerprint density at radius 2 is 1.29 bits per heavy atom. The average molecular weight is 345 g/mol. The van der Waals surface area contributed by atoms with Gasteiger partial charge in [0.05, 0.1) is 6.61 Å². The molecule has 0 spiro atoms. The van der Waals surface area contributed by atoms with Crippen molar-refractivity contribution in [2.75, 3.05) is 13.2 Å². The van der Waals surface area contributed by atoms with E-state index in [9.17, 15) is 14.4 Å². The molecule has 9 nitrogen and oxygen atoms in total. The number of rotatable bonds is 3. The van der Waals surface area contributed by atoms with Gasteiger partial charge in [0.1, 0.15) is 17.7 Å². The zero-order valence-corrected chi connectivity index (χ0v) is 15.3. The Labute approximate surface area is 142 Å². The predicted molar refractivity (Wildman–Crippen MR) is 87.7 cm³/mol. The van der Waals surface area contributed by atoms with Crippen LogP contribution in [0.1, 0.15) is 48.5 Å². The van der Waals surface area contributed by atoms with E-state index in [1.165, 1.54) is 0 Å². The Morgan fingerprint density at radius 1 is 0.875 bits per heavy atom. The third kappa shape index (κ3) is 12.2. The highest BCUT2D eigenvalue weighted by molar-refractivity contribution is 6.01. The van der Waals surface area contributed by atoms with E-state index in [1.807, 2.05) is 0 Å². The first-order valence-electron chi connectivity index (χ1n) is 7.52. The maximum Gasteiger partial charge on any atom is 0.414 e. The molecule has 0 bridgehead atoms. The van der Waals surface area contributed by atoms with Crippen molar-refractivity contribution in [3.63, 3.8) is 0 Å². The Hall–Kier alpha value is -2.32. The van der Waals surface area contributed by atoms with Gasteiger partial charge in [-0.05, 0) is 48.5 Å². The monoisotopic (exact) mass is 345 g/mol. The molecular formula is C15H27N3O6. The summed E-state index contributed by atoms with van der Waals surface area (Å²) in [5.74, 6) is -0.876. The molecular weight excluding hydrogens is 318 g/mol. The van der Waals surface area contributed by atoms with Crippen molar-refractivity contribution in [2.45, 2.75) is 59.7 Å². The number of carbonyl (C=O) groups is 3. The molecule has 0 aromatic carbocycles. The molecule has 138 valence electrons. The van der Waals surface area contributed by atoms with Crippen LogP contribution in [0.25, 0.3) is 0 Å². The Morgan fingerprint density at radius 3 is 1.62 bits per heavy atom. The minimum Gasteiger partial charge on any atom is -0.465 e. The largest absolute Gasteiger partial charge is 0.465 e. The molecule has 0 unspecified atom stereocenters. The number of hydrogen-bond donors (Lipinski definition) is 2. The van der Waals surface area contributed by atoms with Crippen molar-refractivity contribution in [1.29, 1.82) is 0 Å². The van der Waals surface area contributed by atoms with E-state index >= 15 is 0 Å². The number of esters is 1. The third-order valence-electron chi connectivity index (χ3n) is 1.91. The SMILES string of the molecule is CCOC(=O)CN=C(NC(=O)OC(C)(C)C)NC(=O)OC(C)(C)C. The number of alkyl carbamates (subject to hydrolysis) is 2. The second-order valence-electron chi connectivity index (χ2n) is 6.72. The van der Waals surface area contributed by atoms with Crippen LogP contribution >= 0.6 is 0 Å². The predicted octanol–water partition coefficient (Wildman–Crippen LogP) is 1.95. The summed E-state index contributed by atoms with van der Waals surface area (Å²) in [6.45, 7) is 11.6. The summed E-state index contributed by atoms with van der Waals surface area (Å²) in [6, 6.07) is 0. The summed E-state index contributed by atoms with van der Waals surface area (Å²) in [4.78, 5) is 38.7. The van der Waals surface area contributed by atoms with Crippen molar-refractivity contribution >= 4 is 24.1 Å².